The minimum absolute atomic E-state index is 0.277. The summed E-state index contributed by atoms with van der Waals surface area (Å²) in [4.78, 5) is 55.8. The van der Waals surface area contributed by atoms with Crippen molar-refractivity contribution in [2.45, 2.75) is 38.0 Å². The van der Waals surface area contributed by atoms with Gasteiger partial charge in [0.25, 0.3) is 0 Å². The highest BCUT2D eigenvalue weighted by Crippen LogP contribution is 2.46. The lowest BCUT2D eigenvalue weighted by atomic mass is 9.82. The van der Waals surface area contributed by atoms with Crippen molar-refractivity contribution in [2.75, 3.05) is 0 Å². The Morgan fingerprint density at radius 3 is 1.60 bits per heavy atom. The molecular formula is C47H28FNO6. The Kier molecular flexibility index (Phi) is 7.14. The molecule has 2 aliphatic carbocycles. The van der Waals surface area contributed by atoms with Crippen molar-refractivity contribution in [3.8, 4) is 28.3 Å². The van der Waals surface area contributed by atoms with E-state index in [1.54, 1.807) is 48.5 Å². The van der Waals surface area contributed by atoms with Crippen LogP contribution in [0.4, 0.5) is 4.39 Å². The Balaban J connectivity index is 1.04. The van der Waals surface area contributed by atoms with E-state index in [0.29, 0.717) is 80.5 Å². The first kappa shape index (κ1) is 32.7. The van der Waals surface area contributed by atoms with Crippen LogP contribution in [0.1, 0.15) is 93.1 Å². The van der Waals surface area contributed by atoms with Crippen molar-refractivity contribution in [1.82, 2.24) is 0 Å². The second-order valence-electron chi connectivity index (χ2n) is 14.5. The Labute approximate surface area is 313 Å². The smallest absolute Gasteiger partial charge is 0.182 e. The van der Waals surface area contributed by atoms with Gasteiger partial charge < -0.3 is 8.83 Å². The number of hydrogen-bond acceptors (Lipinski definition) is 7. The van der Waals surface area contributed by atoms with Crippen LogP contribution in [0.5, 0.6) is 0 Å². The van der Waals surface area contributed by atoms with Crippen LogP contribution in [0.3, 0.4) is 0 Å². The molecule has 0 saturated heterocycles. The molecule has 0 aliphatic heterocycles. The molecule has 8 aromatic rings. The average molecular weight is 722 g/mol. The molecular weight excluding hydrogens is 694 g/mol. The van der Waals surface area contributed by atoms with E-state index in [4.69, 9.17) is 8.83 Å². The van der Waals surface area contributed by atoms with Crippen LogP contribution >= 0.6 is 0 Å². The zero-order chi connectivity index (χ0) is 37.7. The highest BCUT2D eigenvalue weighted by Gasteiger charge is 2.47. The first-order valence-corrected chi connectivity index (χ1v) is 18.1. The van der Waals surface area contributed by atoms with Gasteiger partial charge in [-0.1, -0.05) is 54.6 Å². The van der Waals surface area contributed by atoms with Gasteiger partial charge in [0.2, 0.25) is 0 Å². The van der Waals surface area contributed by atoms with E-state index in [1.165, 1.54) is 12.1 Å². The molecule has 2 aliphatic rings. The van der Waals surface area contributed by atoms with E-state index in [1.807, 2.05) is 49.4 Å². The second kappa shape index (κ2) is 12.0. The Hall–Kier alpha value is -6.98. The third-order valence-corrected chi connectivity index (χ3v) is 11.4. The number of carbonyl (C=O) groups is 4. The summed E-state index contributed by atoms with van der Waals surface area (Å²) in [6.45, 7) is 1.91. The highest BCUT2D eigenvalue weighted by atomic mass is 19.1. The van der Waals surface area contributed by atoms with E-state index in [2.05, 4.69) is 6.07 Å². The first-order valence-electron chi connectivity index (χ1n) is 18.1. The third kappa shape index (κ3) is 4.86. The molecule has 4 aromatic carbocycles. The summed E-state index contributed by atoms with van der Waals surface area (Å²) in [5.41, 5.74) is 10.6. The monoisotopic (exact) mass is 721 g/mol. The van der Waals surface area contributed by atoms with Crippen LogP contribution in [-0.2, 0) is 12.8 Å². The fraction of sp³-hybridized carbons (Fsp3) is 0.128. The van der Waals surface area contributed by atoms with E-state index < -0.39 is 11.8 Å². The predicted molar refractivity (Wildman–Crippen MR) is 203 cm³/mol. The van der Waals surface area contributed by atoms with E-state index >= 15 is 0 Å². The minimum Gasteiger partial charge on any atom is -0.456 e. The van der Waals surface area contributed by atoms with Gasteiger partial charge in [0.05, 0.1) is 33.9 Å². The SMILES string of the molecule is Cc1cc(-c2ccc(C#N)cc2)cc(CCCc2cc(-c3ccc(F)cc3)ccc2C2C(=O)c3c(c4ccc3o4)C2=O)c1C1C(=O)c2c(c3ccc2o3)C1=O. The van der Waals surface area contributed by atoms with Gasteiger partial charge >= 0.3 is 0 Å². The summed E-state index contributed by atoms with van der Waals surface area (Å²) in [5, 5.41) is 9.37. The number of Topliss-reactive ketones (excluding diaryl/α,β-unsaturated/α-hetero) is 4. The molecule has 264 valence electrons. The molecule has 0 unspecified atom stereocenters. The van der Waals surface area contributed by atoms with Gasteiger partial charge in [-0.3, -0.25) is 19.2 Å². The quantitative estimate of drug-likeness (QED) is 0.143. The number of carbonyl (C=O) groups excluding carboxylic acids is 4. The summed E-state index contributed by atoms with van der Waals surface area (Å²) in [6.07, 6.45) is 1.48. The van der Waals surface area contributed by atoms with Gasteiger partial charge in [-0.2, -0.15) is 5.26 Å². The van der Waals surface area contributed by atoms with E-state index in [-0.39, 0.29) is 29.0 Å². The molecule has 10 rings (SSSR count). The second-order valence-corrected chi connectivity index (χ2v) is 14.5. The third-order valence-electron chi connectivity index (χ3n) is 11.4. The van der Waals surface area contributed by atoms with Crippen molar-refractivity contribution < 1.29 is 32.4 Å². The highest BCUT2D eigenvalue weighted by molar-refractivity contribution is 6.35. The van der Waals surface area contributed by atoms with E-state index in [0.717, 1.165) is 38.9 Å². The number of halogens is 1. The van der Waals surface area contributed by atoms with Gasteiger partial charge in [0.1, 0.15) is 40.0 Å². The lowest BCUT2D eigenvalue weighted by Gasteiger charge is -2.20. The zero-order valence-corrected chi connectivity index (χ0v) is 29.4. The zero-order valence-electron chi connectivity index (χ0n) is 29.4. The predicted octanol–water partition coefficient (Wildman–Crippen LogP) is 10.2. The van der Waals surface area contributed by atoms with E-state index in [9.17, 15) is 28.8 Å². The van der Waals surface area contributed by atoms with Gasteiger partial charge in [-0.25, -0.2) is 4.39 Å². The summed E-state index contributed by atoms with van der Waals surface area (Å²) < 4.78 is 25.2. The number of hydrogen-bond donors (Lipinski definition) is 0. The Bertz CT molecular complexity index is 2870. The maximum atomic E-state index is 14.0. The van der Waals surface area contributed by atoms with Crippen LogP contribution < -0.4 is 0 Å². The van der Waals surface area contributed by atoms with Gasteiger partial charge in [0, 0.05) is 0 Å². The molecule has 55 heavy (non-hydrogen) atoms. The minimum atomic E-state index is -1.02. The van der Waals surface area contributed by atoms with Crippen molar-refractivity contribution >= 4 is 45.5 Å². The van der Waals surface area contributed by atoms with Crippen LogP contribution in [0.15, 0.2) is 112 Å². The van der Waals surface area contributed by atoms with Crippen LogP contribution in [0.2, 0.25) is 0 Å². The summed E-state index contributed by atoms with van der Waals surface area (Å²) in [7, 11) is 0. The topological polar surface area (TPSA) is 118 Å². The lowest BCUT2D eigenvalue weighted by molar-refractivity contribution is 0.0873. The first-order chi connectivity index (χ1) is 26.7. The number of benzene rings is 6. The maximum absolute atomic E-state index is 14.0. The molecule has 0 N–H and O–H groups in total. The Morgan fingerprint density at radius 1 is 0.564 bits per heavy atom. The number of rotatable bonds is 8. The van der Waals surface area contributed by atoms with Crippen molar-refractivity contribution in [2.24, 2.45) is 0 Å². The number of ketones is 4. The molecule has 4 aromatic heterocycles. The number of nitriles is 1. The molecule has 0 amide bonds. The molecule has 0 atom stereocenters. The van der Waals surface area contributed by atoms with Gasteiger partial charge in [0.15, 0.2) is 23.1 Å². The normalized spacial score (nSPS) is 14.6. The molecule has 4 heterocycles. The average Bonchev–Trinajstić information content (AvgIpc) is 4.06. The number of nitrogens with zero attached hydrogens (tertiary/aromatic N) is 1. The summed E-state index contributed by atoms with van der Waals surface area (Å²) in [6, 6.07) is 32.1. The van der Waals surface area contributed by atoms with Crippen LogP contribution in [0, 0.1) is 24.1 Å². The summed E-state index contributed by atoms with van der Waals surface area (Å²) >= 11 is 0. The molecule has 0 fully saturated rings. The van der Waals surface area contributed by atoms with Crippen molar-refractivity contribution in [3.05, 3.63) is 165 Å². The molecule has 0 radical (unpaired) electrons. The molecule has 8 heteroatoms. The van der Waals surface area contributed by atoms with Gasteiger partial charge in [-0.15, -0.1) is 0 Å². The molecule has 0 spiro atoms. The molecule has 4 bridgehead atoms. The van der Waals surface area contributed by atoms with Crippen molar-refractivity contribution in [3.63, 3.8) is 0 Å². The molecule has 7 nitrogen and oxygen atoms in total. The largest absolute Gasteiger partial charge is 0.456 e. The van der Waals surface area contributed by atoms with Crippen LogP contribution in [-0.4, -0.2) is 23.1 Å². The fourth-order valence-corrected chi connectivity index (χ4v) is 8.83. The van der Waals surface area contributed by atoms with Gasteiger partial charge in [-0.05, 0) is 125 Å². The lowest BCUT2D eigenvalue weighted by Crippen LogP contribution is -2.18. The molecule has 0 saturated carbocycles. The fourth-order valence-electron chi connectivity index (χ4n) is 8.83. The van der Waals surface area contributed by atoms with Crippen molar-refractivity contribution in [1.29, 1.82) is 5.26 Å². The Morgan fingerprint density at radius 2 is 1.04 bits per heavy atom. The number of aryl methyl sites for hydroxylation is 3. The number of fused-ring (bicyclic) bond motifs is 10. The van der Waals surface area contributed by atoms with Crippen LogP contribution in [0.25, 0.3) is 44.6 Å². The summed E-state index contributed by atoms with van der Waals surface area (Å²) in [5.74, 6) is -3.52. The standard InChI is InChI=1S/C47H28FNO6/c1-23-19-30(26-7-5-24(22-49)6-8-26)21-29(37(23)43-46(52)41-35-17-18-36(55-35)42(41)47(43)53)4-2-3-28-20-27(25-9-12-31(48)13-10-25)11-14-32(28)38-44(50)39-33-15-16-34(54-33)40(39)45(38)51/h5-21,38,43H,2-4H2,1H3. The maximum Gasteiger partial charge on any atom is 0.182 e. The number of furan rings is 4.